The molecule has 1 aliphatic heterocycles. The summed E-state index contributed by atoms with van der Waals surface area (Å²) in [7, 11) is 0. The Morgan fingerprint density at radius 3 is 2.48 bits per heavy atom. The number of rotatable bonds is 5. The molecule has 29 heavy (non-hydrogen) atoms. The van der Waals surface area contributed by atoms with Crippen LogP contribution in [0.4, 0.5) is 5.95 Å². The highest BCUT2D eigenvalue weighted by atomic mass is 16.5. The van der Waals surface area contributed by atoms with Gasteiger partial charge in [0, 0.05) is 30.2 Å². The Hall–Kier alpha value is -2.99. The van der Waals surface area contributed by atoms with Crippen LogP contribution in [0.3, 0.4) is 0 Å². The van der Waals surface area contributed by atoms with E-state index in [9.17, 15) is 0 Å². The molecule has 2 heterocycles. The lowest BCUT2D eigenvalue weighted by Gasteiger charge is -2.31. The van der Waals surface area contributed by atoms with Crippen LogP contribution in [-0.2, 0) is 4.74 Å². The van der Waals surface area contributed by atoms with Gasteiger partial charge in [-0.15, -0.1) is 0 Å². The van der Waals surface area contributed by atoms with Crippen LogP contribution in [0, 0.1) is 13.8 Å². The van der Waals surface area contributed by atoms with Crippen LogP contribution >= 0.6 is 0 Å². The van der Waals surface area contributed by atoms with E-state index in [0.717, 1.165) is 50.5 Å². The van der Waals surface area contributed by atoms with E-state index in [-0.39, 0.29) is 0 Å². The number of anilines is 1. The molecule has 4 rings (SSSR count). The second-order valence-corrected chi connectivity index (χ2v) is 7.40. The molecule has 1 saturated heterocycles. The summed E-state index contributed by atoms with van der Waals surface area (Å²) >= 11 is 0. The SMILES string of the molecule is Cc1cc(C)nc(N/N=C\C2=C(N3CCOCC3)C(=C\c3ccccc3)/CC2)n1. The predicted molar refractivity (Wildman–Crippen MR) is 117 cm³/mol. The molecule has 1 fully saturated rings. The van der Waals surface area contributed by atoms with Crippen LogP contribution in [0.25, 0.3) is 6.08 Å². The van der Waals surface area contributed by atoms with Crippen LogP contribution in [0.15, 0.2) is 58.3 Å². The molecule has 6 nitrogen and oxygen atoms in total. The van der Waals surface area contributed by atoms with Crippen molar-refractivity contribution in [3.8, 4) is 0 Å². The zero-order valence-corrected chi connectivity index (χ0v) is 17.1. The van der Waals surface area contributed by atoms with E-state index in [2.05, 4.69) is 55.7 Å². The lowest BCUT2D eigenvalue weighted by atomic mass is 10.1. The third-order valence-electron chi connectivity index (χ3n) is 5.11. The van der Waals surface area contributed by atoms with Crippen molar-refractivity contribution >= 4 is 18.2 Å². The maximum Gasteiger partial charge on any atom is 0.243 e. The Kier molecular flexibility index (Phi) is 6.00. The second-order valence-electron chi connectivity index (χ2n) is 7.40. The Bertz CT molecular complexity index is 923. The molecule has 1 aromatic heterocycles. The first kappa shape index (κ1) is 19.3. The minimum absolute atomic E-state index is 0.533. The fraction of sp³-hybridized carbons (Fsp3) is 0.348. The van der Waals surface area contributed by atoms with Gasteiger partial charge in [0.2, 0.25) is 5.95 Å². The van der Waals surface area contributed by atoms with Crippen molar-refractivity contribution in [2.45, 2.75) is 26.7 Å². The summed E-state index contributed by atoms with van der Waals surface area (Å²) in [5.74, 6) is 0.533. The van der Waals surface area contributed by atoms with Crippen LogP contribution in [0.5, 0.6) is 0 Å². The zero-order chi connectivity index (χ0) is 20.1. The van der Waals surface area contributed by atoms with E-state index in [0.29, 0.717) is 5.95 Å². The number of nitrogens with one attached hydrogen (secondary N) is 1. The molecule has 0 atom stereocenters. The summed E-state index contributed by atoms with van der Waals surface area (Å²) in [6.45, 7) is 7.27. The fourth-order valence-corrected chi connectivity index (χ4v) is 3.87. The van der Waals surface area contributed by atoms with Crippen molar-refractivity contribution in [2.75, 3.05) is 31.7 Å². The van der Waals surface area contributed by atoms with Gasteiger partial charge in [0.15, 0.2) is 0 Å². The quantitative estimate of drug-likeness (QED) is 0.620. The molecule has 1 aromatic carbocycles. The second kappa shape index (κ2) is 9.01. The van der Waals surface area contributed by atoms with Crippen molar-refractivity contribution in [1.82, 2.24) is 14.9 Å². The van der Waals surface area contributed by atoms with Crippen LogP contribution in [-0.4, -0.2) is 47.4 Å². The number of aromatic nitrogens is 2. The average Bonchev–Trinajstić information content (AvgIpc) is 3.11. The van der Waals surface area contributed by atoms with Gasteiger partial charge in [-0.3, -0.25) is 0 Å². The average molecular weight is 390 g/mol. The molecule has 0 unspecified atom stereocenters. The smallest absolute Gasteiger partial charge is 0.243 e. The Labute approximate surface area is 172 Å². The van der Waals surface area contributed by atoms with Crippen molar-refractivity contribution < 1.29 is 4.74 Å². The van der Waals surface area contributed by atoms with Gasteiger partial charge in [-0.1, -0.05) is 30.3 Å². The van der Waals surface area contributed by atoms with Gasteiger partial charge >= 0.3 is 0 Å². The Balaban J connectivity index is 1.60. The lowest BCUT2D eigenvalue weighted by molar-refractivity contribution is 0.0548. The number of aryl methyl sites for hydroxylation is 2. The van der Waals surface area contributed by atoms with Gasteiger partial charge in [0.05, 0.1) is 19.4 Å². The van der Waals surface area contributed by atoms with Crippen molar-refractivity contribution in [3.63, 3.8) is 0 Å². The summed E-state index contributed by atoms with van der Waals surface area (Å²) in [5, 5.41) is 4.45. The molecule has 6 heteroatoms. The Morgan fingerprint density at radius 1 is 1.03 bits per heavy atom. The van der Waals surface area contributed by atoms with Crippen LogP contribution in [0.2, 0.25) is 0 Å². The molecule has 2 aromatic rings. The minimum atomic E-state index is 0.533. The topological polar surface area (TPSA) is 62.6 Å². The molecule has 0 bridgehead atoms. The monoisotopic (exact) mass is 389 g/mol. The summed E-state index contributed by atoms with van der Waals surface area (Å²) in [6.07, 6.45) is 6.22. The largest absolute Gasteiger partial charge is 0.378 e. The molecule has 2 aliphatic rings. The van der Waals surface area contributed by atoms with Crippen LogP contribution in [0.1, 0.15) is 29.8 Å². The number of ether oxygens (including phenoxy) is 1. The first-order valence-electron chi connectivity index (χ1n) is 10.1. The van der Waals surface area contributed by atoms with Gasteiger partial charge in [-0.25, -0.2) is 15.4 Å². The summed E-state index contributed by atoms with van der Waals surface area (Å²) in [6, 6.07) is 12.5. The highest BCUT2D eigenvalue weighted by Gasteiger charge is 2.25. The molecule has 150 valence electrons. The number of nitrogens with zero attached hydrogens (tertiary/aromatic N) is 4. The number of morpholine rings is 1. The highest BCUT2D eigenvalue weighted by Crippen LogP contribution is 2.35. The molecule has 1 N–H and O–H groups in total. The molecule has 0 amide bonds. The predicted octanol–water partition coefficient (Wildman–Crippen LogP) is 3.95. The molecule has 0 saturated carbocycles. The number of benzene rings is 1. The third-order valence-corrected chi connectivity index (χ3v) is 5.11. The first-order chi connectivity index (χ1) is 14.2. The maximum atomic E-state index is 5.56. The van der Waals surface area contributed by atoms with E-state index >= 15 is 0 Å². The Morgan fingerprint density at radius 2 is 1.76 bits per heavy atom. The number of allylic oxidation sites excluding steroid dienone is 2. The van der Waals surface area contributed by atoms with Gasteiger partial charge in [0.25, 0.3) is 0 Å². The van der Waals surface area contributed by atoms with E-state index in [1.807, 2.05) is 32.2 Å². The summed E-state index contributed by atoms with van der Waals surface area (Å²) < 4.78 is 5.56. The van der Waals surface area contributed by atoms with Crippen molar-refractivity contribution in [3.05, 3.63) is 70.2 Å². The number of hydrogen-bond donors (Lipinski definition) is 1. The summed E-state index contributed by atoms with van der Waals surface area (Å²) in [5.41, 5.74) is 9.98. The molecular formula is C23H27N5O. The first-order valence-corrected chi connectivity index (χ1v) is 10.1. The van der Waals surface area contributed by atoms with Gasteiger partial charge in [-0.2, -0.15) is 5.10 Å². The minimum Gasteiger partial charge on any atom is -0.378 e. The van der Waals surface area contributed by atoms with Crippen LogP contribution < -0.4 is 5.43 Å². The van der Waals surface area contributed by atoms with E-state index in [1.165, 1.54) is 22.4 Å². The van der Waals surface area contributed by atoms with Gasteiger partial charge in [0.1, 0.15) is 0 Å². The third kappa shape index (κ3) is 4.90. The van der Waals surface area contributed by atoms with Gasteiger partial charge in [-0.05, 0) is 55.5 Å². The lowest BCUT2D eigenvalue weighted by Crippen LogP contribution is -2.36. The maximum absolute atomic E-state index is 5.56. The van der Waals surface area contributed by atoms with Gasteiger partial charge < -0.3 is 9.64 Å². The molecule has 0 radical (unpaired) electrons. The zero-order valence-electron chi connectivity index (χ0n) is 17.1. The highest BCUT2D eigenvalue weighted by molar-refractivity contribution is 5.84. The molecule has 1 aliphatic carbocycles. The summed E-state index contributed by atoms with van der Waals surface area (Å²) in [4.78, 5) is 11.2. The van der Waals surface area contributed by atoms with E-state index < -0.39 is 0 Å². The van der Waals surface area contributed by atoms with Crippen molar-refractivity contribution in [1.29, 1.82) is 0 Å². The number of hydrogen-bond acceptors (Lipinski definition) is 6. The fourth-order valence-electron chi connectivity index (χ4n) is 3.87. The molecular weight excluding hydrogens is 362 g/mol. The van der Waals surface area contributed by atoms with E-state index in [1.54, 1.807) is 0 Å². The molecule has 0 spiro atoms. The number of hydrazone groups is 1. The van der Waals surface area contributed by atoms with E-state index in [4.69, 9.17) is 4.74 Å². The standard InChI is InChI=1S/C23H27N5O/c1-17-14-18(2)26-23(25-17)27-24-16-21-9-8-20(15-19-6-4-3-5-7-19)22(21)28-10-12-29-13-11-28/h3-7,14-16H,8-13H2,1-2H3,(H,25,26,27)/b20-15-,24-16-. The van der Waals surface area contributed by atoms with Crippen molar-refractivity contribution in [2.24, 2.45) is 5.10 Å². The normalized spacial score (nSPS) is 18.8.